The zero-order chi connectivity index (χ0) is 15.9. The molecule has 2 N–H and O–H groups in total. The molecule has 1 aliphatic carbocycles. The fourth-order valence-electron chi connectivity index (χ4n) is 2.36. The van der Waals surface area contributed by atoms with Gasteiger partial charge in [-0.2, -0.15) is 0 Å². The van der Waals surface area contributed by atoms with E-state index in [0.717, 1.165) is 25.7 Å². The molecule has 6 heteroatoms. The Labute approximate surface area is 126 Å². The summed E-state index contributed by atoms with van der Waals surface area (Å²) in [7, 11) is 0. The third kappa shape index (κ3) is 8.86. The number of carbonyl (C=O) groups is 1. The predicted octanol–water partition coefficient (Wildman–Crippen LogP) is 3.46. The average molecular weight is 306 g/mol. The van der Waals surface area contributed by atoms with E-state index in [0.29, 0.717) is 0 Å². The lowest BCUT2D eigenvalue weighted by Gasteiger charge is -2.24. The molecule has 0 aromatic carbocycles. The first-order chi connectivity index (χ1) is 9.68. The maximum absolute atomic E-state index is 13.7. The maximum atomic E-state index is 13.7. The van der Waals surface area contributed by atoms with Crippen LogP contribution in [0.4, 0.5) is 13.6 Å². The second kappa shape index (κ2) is 7.92. The Morgan fingerprint density at radius 1 is 1.10 bits per heavy atom. The van der Waals surface area contributed by atoms with Crippen LogP contribution in [-0.2, 0) is 4.74 Å². The number of halogens is 2. The van der Waals surface area contributed by atoms with Gasteiger partial charge in [-0.3, -0.25) is 0 Å². The molecule has 0 aromatic heterocycles. The normalized spacial score (nSPS) is 18.1. The number of ether oxygens (including phenoxy) is 1. The standard InChI is InChI=1S/C15H28F2N2O2/c1-14(2,3)21-13(20)19-11-15(16,17)10-18-12-8-6-4-5-7-9-12/h12,18H,4-11H2,1-3H3,(H,19,20). The number of alkyl halides is 2. The molecule has 1 rings (SSSR count). The zero-order valence-electron chi connectivity index (χ0n) is 13.3. The first-order valence-corrected chi connectivity index (χ1v) is 7.76. The highest BCUT2D eigenvalue weighted by Gasteiger charge is 2.31. The number of alkyl carbamates (subject to hydrolysis) is 1. The summed E-state index contributed by atoms with van der Waals surface area (Å²) in [4.78, 5) is 11.4. The predicted molar refractivity (Wildman–Crippen MR) is 78.7 cm³/mol. The molecular weight excluding hydrogens is 278 g/mol. The van der Waals surface area contributed by atoms with E-state index in [9.17, 15) is 13.6 Å². The van der Waals surface area contributed by atoms with Gasteiger partial charge in [-0.1, -0.05) is 25.7 Å². The number of hydrogen-bond donors (Lipinski definition) is 2. The van der Waals surface area contributed by atoms with Crippen molar-refractivity contribution in [1.82, 2.24) is 10.6 Å². The lowest BCUT2D eigenvalue weighted by atomic mass is 10.1. The minimum Gasteiger partial charge on any atom is -0.444 e. The van der Waals surface area contributed by atoms with E-state index in [1.165, 1.54) is 12.8 Å². The molecule has 0 radical (unpaired) electrons. The minimum atomic E-state index is -2.97. The second-order valence-electron chi connectivity index (χ2n) is 6.78. The van der Waals surface area contributed by atoms with Crippen LogP contribution in [0, 0.1) is 0 Å². The highest BCUT2D eigenvalue weighted by atomic mass is 19.3. The summed E-state index contributed by atoms with van der Waals surface area (Å²) in [6, 6.07) is 0.167. The highest BCUT2D eigenvalue weighted by molar-refractivity contribution is 5.67. The van der Waals surface area contributed by atoms with Crippen molar-refractivity contribution < 1.29 is 18.3 Å². The summed E-state index contributed by atoms with van der Waals surface area (Å²) in [6.07, 6.45) is 5.67. The van der Waals surface area contributed by atoms with Crippen molar-refractivity contribution in [2.24, 2.45) is 0 Å². The molecule has 0 heterocycles. The number of amides is 1. The SMILES string of the molecule is CC(C)(C)OC(=O)NCC(F)(F)CNC1CCCCCC1. The van der Waals surface area contributed by atoms with Crippen LogP contribution in [0.25, 0.3) is 0 Å². The van der Waals surface area contributed by atoms with Gasteiger partial charge in [0.05, 0.1) is 13.1 Å². The summed E-state index contributed by atoms with van der Waals surface area (Å²) in [6.45, 7) is 3.96. The smallest absolute Gasteiger partial charge is 0.407 e. The third-order valence-corrected chi connectivity index (χ3v) is 3.39. The largest absolute Gasteiger partial charge is 0.444 e. The Morgan fingerprint density at radius 2 is 1.67 bits per heavy atom. The van der Waals surface area contributed by atoms with Crippen LogP contribution in [0.1, 0.15) is 59.3 Å². The monoisotopic (exact) mass is 306 g/mol. The molecule has 0 unspecified atom stereocenters. The Kier molecular flexibility index (Phi) is 6.84. The number of hydrogen-bond acceptors (Lipinski definition) is 3. The fraction of sp³-hybridized carbons (Fsp3) is 0.933. The molecule has 1 saturated carbocycles. The van der Waals surface area contributed by atoms with Gasteiger partial charge in [0, 0.05) is 6.04 Å². The van der Waals surface area contributed by atoms with Crippen molar-refractivity contribution in [2.45, 2.75) is 76.9 Å². The van der Waals surface area contributed by atoms with Crippen molar-refractivity contribution in [2.75, 3.05) is 13.1 Å². The molecule has 21 heavy (non-hydrogen) atoms. The van der Waals surface area contributed by atoms with E-state index < -0.39 is 30.7 Å². The van der Waals surface area contributed by atoms with Crippen LogP contribution in [-0.4, -0.2) is 36.7 Å². The molecule has 0 saturated heterocycles. The van der Waals surface area contributed by atoms with Gasteiger partial charge in [-0.25, -0.2) is 13.6 Å². The summed E-state index contributed by atoms with van der Waals surface area (Å²) < 4.78 is 32.4. The maximum Gasteiger partial charge on any atom is 0.407 e. The topological polar surface area (TPSA) is 50.4 Å². The molecular formula is C15H28F2N2O2. The second-order valence-corrected chi connectivity index (χ2v) is 6.78. The van der Waals surface area contributed by atoms with Gasteiger partial charge >= 0.3 is 6.09 Å². The zero-order valence-corrected chi connectivity index (χ0v) is 13.3. The molecule has 124 valence electrons. The molecule has 0 atom stereocenters. The van der Waals surface area contributed by atoms with Crippen molar-refractivity contribution in [3.05, 3.63) is 0 Å². The Hall–Kier alpha value is -0.910. The molecule has 0 bridgehead atoms. The number of carbonyl (C=O) groups excluding carboxylic acids is 1. The van der Waals surface area contributed by atoms with Crippen molar-refractivity contribution in [3.8, 4) is 0 Å². The summed E-state index contributed by atoms with van der Waals surface area (Å²) in [5.41, 5.74) is -0.683. The van der Waals surface area contributed by atoms with Gasteiger partial charge in [-0.05, 0) is 33.6 Å². The summed E-state index contributed by atoms with van der Waals surface area (Å²) in [5.74, 6) is -2.97. The summed E-state index contributed by atoms with van der Waals surface area (Å²) in [5, 5.41) is 5.06. The Morgan fingerprint density at radius 3 is 2.19 bits per heavy atom. The third-order valence-electron chi connectivity index (χ3n) is 3.39. The van der Waals surface area contributed by atoms with E-state index in [2.05, 4.69) is 10.6 Å². The van der Waals surface area contributed by atoms with Crippen LogP contribution in [0.2, 0.25) is 0 Å². The quantitative estimate of drug-likeness (QED) is 0.765. The molecule has 0 aliphatic heterocycles. The molecule has 4 nitrogen and oxygen atoms in total. The fourth-order valence-corrected chi connectivity index (χ4v) is 2.36. The van der Waals surface area contributed by atoms with Crippen LogP contribution < -0.4 is 10.6 Å². The Balaban J connectivity index is 2.27. The Bertz CT molecular complexity index is 322. The first-order valence-electron chi connectivity index (χ1n) is 7.76. The van der Waals surface area contributed by atoms with Crippen LogP contribution >= 0.6 is 0 Å². The molecule has 0 aromatic rings. The van der Waals surface area contributed by atoms with Gasteiger partial charge in [0.1, 0.15) is 5.60 Å². The average Bonchev–Trinajstić information content (AvgIpc) is 2.61. The van der Waals surface area contributed by atoms with Crippen LogP contribution in [0.5, 0.6) is 0 Å². The van der Waals surface area contributed by atoms with Gasteiger partial charge < -0.3 is 15.4 Å². The highest BCUT2D eigenvalue weighted by Crippen LogP contribution is 2.19. The van der Waals surface area contributed by atoms with E-state index >= 15 is 0 Å². The van der Waals surface area contributed by atoms with Gasteiger partial charge in [0.25, 0.3) is 5.92 Å². The van der Waals surface area contributed by atoms with E-state index in [-0.39, 0.29) is 6.04 Å². The number of rotatable bonds is 5. The van der Waals surface area contributed by atoms with Gasteiger partial charge in [0.15, 0.2) is 0 Å². The molecule has 1 fully saturated rings. The van der Waals surface area contributed by atoms with Crippen molar-refractivity contribution >= 4 is 6.09 Å². The van der Waals surface area contributed by atoms with Crippen LogP contribution in [0.3, 0.4) is 0 Å². The van der Waals surface area contributed by atoms with E-state index in [1.54, 1.807) is 20.8 Å². The molecule has 1 amide bonds. The van der Waals surface area contributed by atoms with E-state index in [4.69, 9.17) is 4.74 Å². The first kappa shape index (κ1) is 18.1. The van der Waals surface area contributed by atoms with Crippen molar-refractivity contribution in [3.63, 3.8) is 0 Å². The lowest BCUT2D eigenvalue weighted by Crippen LogP contribution is -2.46. The minimum absolute atomic E-state index is 0.167. The summed E-state index contributed by atoms with van der Waals surface area (Å²) >= 11 is 0. The molecule has 1 aliphatic rings. The van der Waals surface area contributed by atoms with Gasteiger partial charge in [0.2, 0.25) is 0 Å². The van der Waals surface area contributed by atoms with E-state index in [1.807, 2.05) is 0 Å². The number of nitrogens with one attached hydrogen (secondary N) is 2. The molecule has 0 spiro atoms. The lowest BCUT2D eigenvalue weighted by molar-refractivity contribution is -0.00589. The van der Waals surface area contributed by atoms with Crippen molar-refractivity contribution in [1.29, 1.82) is 0 Å². The van der Waals surface area contributed by atoms with Crippen LogP contribution in [0.15, 0.2) is 0 Å². The van der Waals surface area contributed by atoms with Gasteiger partial charge in [-0.15, -0.1) is 0 Å².